The number of methoxy groups -OCH3 is 1. The number of halogens is 2. The molecule has 0 fully saturated rings. The lowest BCUT2D eigenvalue weighted by molar-refractivity contribution is 0.0955. The molecular formula is C20H24F2N2O4. The van der Waals surface area contributed by atoms with Crippen LogP contribution in [0, 0.1) is 0 Å². The summed E-state index contributed by atoms with van der Waals surface area (Å²) in [4.78, 5) is 16.5. The van der Waals surface area contributed by atoms with E-state index in [0.29, 0.717) is 17.1 Å². The van der Waals surface area contributed by atoms with E-state index in [1.165, 1.54) is 30.3 Å². The molecule has 1 heterocycles. The predicted molar refractivity (Wildman–Crippen MR) is 99.8 cm³/mol. The maximum atomic E-state index is 12.5. The fourth-order valence-corrected chi connectivity index (χ4v) is 2.52. The van der Waals surface area contributed by atoms with E-state index < -0.39 is 18.1 Å². The lowest BCUT2D eigenvalue weighted by atomic mass is 10.1. The first-order valence-electron chi connectivity index (χ1n) is 8.65. The molecule has 0 aliphatic rings. The number of amides is 1. The molecule has 0 unspecified atom stereocenters. The van der Waals surface area contributed by atoms with Crippen LogP contribution >= 0.6 is 0 Å². The summed E-state index contributed by atoms with van der Waals surface area (Å²) in [6, 6.07) is 7.96. The summed E-state index contributed by atoms with van der Waals surface area (Å²) in [5.41, 5.74) is 0.559. The molecule has 8 heteroatoms. The van der Waals surface area contributed by atoms with Crippen LogP contribution in [0.5, 0.6) is 11.5 Å². The lowest BCUT2D eigenvalue weighted by Gasteiger charge is -2.33. The first-order chi connectivity index (χ1) is 13.1. The number of carboxylic acid groups (broad SMARTS) is 1. The number of alkyl halides is 2. The minimum Gasteiger partial charge on any atom is -0.493 e. The van der Waals surface area contributed by atoms with E-state index in [1.54, 1.807) is 18.2 Å². The summed E-state index contributed by atoms with van der Waals surface area (Å²) >= 11 is 0. The molecule has 0 spiro atoms. The molecule has 152 valence electrons. The SMILES string of the molecule is COc1cc(CN(C(=O)O)C(C)(C)C)ccc1OCc1ccc(C(F)F)nc1. The molecule has 1 amide bonds. The van der Waals surface area contributed by atoms with Crippen molar-refractivity contribution in [1.29, 1.82) is 0 Å². The molecule has 1 aromatic heterocycles. The van der Waals surface area contributed by atoms with Crippen molar-refractivity contribution in [3.8, 4) is 11.5 Å². The Bertz CT molecular complexity index is 805. The smallest absolute Gasteiger partial charge is 0.408 e. The van der Waals surface area contributed by atoms with Gasteiger partial charge >= 0.3 is 6.09 Å². The second-order valence-electron chi connectivity index (χ2n) is 7.21. The van der Waals surface area contributed by atoms with Crippen molar-refractivity contribution in [3.63, 3.8) is 0 Å². The predicted octanol–water partition coefficient (Wildman–Crippen LogP) is 4.89. The van der Waals surface area contributed by atoms with Crippen LogP contribution in [-0.4, -0.2) is 33.7 Å². The summed E-state index contributed by atoms with van der Waals surface area (Å²) in [6.45, 7) is 5.81. The molecule has 0 saturated carbocycles. The third kappa shape index (κ3) is 5.55. The largest absolute Gasteiger partial charge is 0.493 e. The highest BCUT2D eigenvalue weighted by Gasteiger charge is 2.26. The fourth-order valence-electron chi connectivity index (χ4n) is 2.52. The monoisotopic (exact) mass is 394 g/mol. The van der Waals surface area contributed by atoms with Crippen molar-refractivity contribution < 1.29 is 28.2 Å². The Morgan fingerprint density at radius 2 is 1.86 bits per heavy atom. The van der Waals surface area contributed by atoms with Gasteiger partial charge in [-0.15, -0.1) is 0 Å². The molecule has 6 nitrogen and oxygen atoms in total. The zero-order chi connectivity index (χ0) is 20.9. The Morgan fingerprint density at radius 3 is 2.36 bits per heavy atom. The van der Waals surface area contributed by atoms with Gasteiger partial charge in [0.05, 0.1) is 7.11 Å². The highest BCUT2D eigenvalue weighted by atomic mass is 19.3. The Balaban J connectivity index is 2.11. The molecule has 2 aromatic rings. The minimum absolute atomic E-state index is 0.134. The van der Waals surface area contributed by atoms with Crippen LogP contribution < -0.4 is 9.47 Å². The molecular weight excluding hydrogens is 370 g/mol. The zero-order valence-corrected chi connectivity index (χ0v) is 16.3. The van der Waals surface area contributed by atoms with Crippen molar-refractivity contribution >= 4 is 6.09 Å². The second kappa shape index (κ2) is 8.86. The average molecular weight is 394 g/mol. The van der Waals surface area contributed by atoms with E-state index in [9.17, 15) is 18.7 Å². The summed E-state index contributed by atoms with van der Waals surface area (Å²) in [5.74, 6) is 0.913. The van der Waals surface area contributed by atoms with Gasteiger partial charge in [0.2, 0.25) is 0 Å². The molecule has 0 atom stereocenters. The summed E-state index contributed by atoms with van der Waals surface area (Å²) < 4.78 is 36.2. The summed E-state index contributed by atoms with van der Waals surface area (Å²) in [5, 5.41) is 9.43. The second-order valence-corrected chi connectivity index (χ2v) is 7.21. The highest BCUT2D eigenvalue weighted by molar-refractivity contribution is 5.66. The van der Waals surface area contributed by atoms with Gasteiger partial charge in [-0.05, 0) is 44.5 Å². The number of nitrogens with zero attached hydrogens (tertiary/aromatic N) is 2. The third-order valence-corrected chi connectivity index (χ3v) is 4.07. The number of hydrogen-bond donors (Lipinski definition) is 1. The number of ether oxygens (including phenoxy) is 2. The molecule has 0 radical (unpaired) electrons. The van der Waals surface area contributed by atoms with Crippen LogP contribution in [0.4, 0.5) is 13.6 Å². The number of carbonyl (C=O) groups is 1. The van der Waals surface area contributed by atoms with Crippen molar-refractivity contribution in [1.82, 2.24) is 9.88 Å². The van der Waals surface area contributed by atoms with E-state index in [2.05, 4.69) is 4.98 Å². The average Bonchev–Trinajstić information content (AvgIpc) is 2.63. The Hall–Kier alpha value is -2.90. The Morgan fingerprint density at radius 1 is 1.18 bits per heavy atom. The van der Waals surface area contributed by atoms with Gasteiger partial charge in [0, 0.05) is 23.8 Å². The summed E-state index contributed by atoms with van der Waals surface area (Å²) in [6.07, 6.45) is -2.27. The normalized spacial score (nSPS) is 11.4. The van der Waals surface area contributed by atoms with Crippen LogP contribution in [0.2, 0.25) is 0 Å². The zero-order valence-electron chi connectivity index (χ0n) is 16.3. The Kier molecular flexibility index (Phi) is 6.77. The van der Waals surface area contributed by atoms with E-state index in [0.717, 1.165) is 5.56 Å². The number of rotatable bonds is 7. The molecule has 0 bridgehead atoms. The van der Waals surface area contributed by atoms with Crippen molar-refractivity contribution in [2.75, 3.05) is 7.11 Å². The number of aromatic nitrogens is 1. The number of benzene rings is 1. The molecule has 28 heavy (non-hydrogen) atoms. The number of hydrogen-bond acceptors (Lipinski definition) is 4. The van der Waals surface area contributed by atoms with E-state index >= 15 is 0 Å². The van der Waals surface area contributed by atoms with E-state index in [1.807, 2.05) is 20.8 Å². The van der Waals surface area contributed by atoms with Crippen LogP contribution in [-0.2, 0) is 13.2 Å². The van der Waals surface area contributed by atoms with Crippen LogP contribution in [0.15, 0.2) is 36.5 Å². The van der Waals surface area contributed by atoms with E-state index in [-0.39, 0.29) is 18.8 Å². The molecule has 0 aliphatic carbocycles. The molecule has 1 aromatic carbocycles. The fraction of sp³-hybridized carbons (Fsp3) is 0.400. The molecule has 0 saturated heterocycles. The van der Waals surface area contributed by atoms with E-state index in [4.69, 9.17) is 9.47 Å². The first kappa shape index (κ1) is 21.4. The van der Waals surface area contributed by atoms with Crippen LogP contribution in [0.3, 0.4) is 0 Å². The van der Waals surface area contributed by atoms with Gasteiger partial charge in [-0.3, -0.25) is 9.88 Å². The quantitative estimate of drug-likeness (QED) is 0.724. The summed E-state index contributed by atoms with van der Waals surface area (Å²) in [7, 11) is 1.49. The van der Waals surface area contributed by atoms with Gasteiger partial charge in [0.1, 0.15) is 12.3 Å². The minimum atomic E-state index is -2.61. The lowest BCUT2D eigenvalue weighted by Crippen LogP contribution is -2.44. The third-order valence-electron chi connectivity index (χ3n) is 4.07. The van der Waals surface area contributed by atoms with Gasteiger partial charge in [-0.25, -0.2) is 13.6 Å². The van der Waals surface area contributed by atoms with Crippen molar-refractivity contribution in [2.45, 2.75) is 45.9 Å². The molecule has 0 aliphatic heterocycles. The maximum Gasteiger partial charge on any atom is 0.408 e. The molecule has 2 rings (SSSR count). The van der Waals surface area contributed by atoms with Gasteiger partial charge in [0.25, 0.3) is 6.43 Å². The Labute approximate surface area is 162 Å². The van der Waals surface area contributed by atoms with Gasteiger partial charge in [-0.2, -0.15) is 0 Å². The standard InChI is InChI=1S/C20H24F2N2O4/c1-20(2,3)24(19(25)26)11-13-6-8-16(17(9-13)27-4)28-12-14-5-7-15(18(21)22)23-10-14/h5-10,18H,11-12H2,1-4H3,(H,25,26). The van der Waals surface area contributed by atoms with Gasteiger partial charge in [0.15, 0.2) is 11.5 Å². The molecule has 1 N–H and O–H groups in total. The topological polar surface area (TPSA) is 71.9 Å². The first-order valence-corrected chi connectivity index (χ1v) is 8.65. The van der Waals surface area contributed by atoms with Crippen LogP contribution in [0.25, 0.3) is 0 Å². The maximum absolute atomic E-state index is 12.5. The van der Waals surface area contributed by atoms with Crippen molar-refractivity contribution in [2.24, 2.45) is 0 Å². The van der Waals surface area contributed by atoms with Crippen molar-refractivity contribution in [3.05, 3.63) is 53.3 Å². The van der Waals surface area contributed by atoms with Gasteiger partial charge in [-0.1, -0.05) is 12.1 Å². The highest BCUT2D eigenvalue weighted by Crippen LogP contribution is 2.30. The number of pyridine rings is 1. The van der Waals surface area contributed by atoms with Gasteiger partial charge < -0.3 is 14.6 Å². The van der Waals surface area contributed by atoms with Crippen LogP contribution in [0.1, 0.15) is 44.0 Å².